The number of rotatable bonds is 2. The highest BCUT2D eigenvalue weighted by atomic mass is 16.6. The normalized spacial score (nSPS) is 12.0. The minimum Gasteiger partial charge on any atom is -0.258 e. The summed E-state index contributed by atoms with van der Waals surface area (Å²) in [5.41, 5.74) is 8.26. The molecule has 0 saturated carbocycles. The van der Waals surface area contributed by atoms with E-state index in [1.54, 1.807) is 18.3 Å². The number of hydrogen-bond acceptors (Lipinski definition) is 4. The summed E-state index contributed by atoms with van der Waals surface area (Å²) in [5.74, 6) is 0. The van der Waals surface area contributed by atoms with E-state index in [0.29, 0.717) is 0 Å². The maximum atomic E-state index is 10.9. The Labute approximate surface area is 149 Å². The van der Waals surface area contributed by atoms with E-state index in [-0.39, 0.29) is 10.6 Å². The number of fused-ring (bicyclic) bond motifs is 5. The molecule has 1 aliphatic rings. The third-order valence-corrected chi connectivity index (χ3v) is 4.85. The van der Waals surface area contributed by atoms with E-state index in [2.05, 4.69) is 17.1 Å². The number of benzene rings is 2. The number of hydrogen-bond donors (Lipinski definition) is 0. The van der Waals surface area contributed by atoms with Crippen LogP contribution in [0.15, 0.2) is 66.9 Å². The topological polar surface area (TPSA) is 68.9 Å². The Morgan fingerprint density at radius 2 is 1.77 bits per heavy atom. The molecule has 2 heterocycles. The zero-order valence-electron chi connectivity index (χ0n) is 13.7. The fraction of sp³-hybridized carbons (Fsp3) is 0.0476. The molecule has 0 radical (unpaired) electrons. The standard InChI is InChI=1S/C21H13N3O2/c25-24(26)15-9-7-13(8-10-15)20-17-12-14-4-1-2-5-16(14)19(17)21-18(23-20)6-3-11-22-21/h1-11H,12H2. The van der Waals surface area contributed by atoms with Gasteiger partial charge in [-0.1, -0.05) is 24.3 Å². The van der Waals surface area contributed by atoms with Crippen molar-refractivity contribution in [3.05, 3.63) is 88.1 Å². The average molecular weight is 339 g/mol. The van der Waals surface area contributed by atoms with Crippen LogP contribution in [0.3, 0.4) is 0 Å². The van der Waals surface area contributed by atoms with Crippen molar-refractivity contribution in [2.45, 2.75) is 6.42 Å². The summed E-state index contributed by atoms with van der Waals surface area (Å²) in [4.78, 5) is 20.0. The predicted octanol–water partition coefficient (Wildman–Crippen LogP) is 4.78. The molecular weight excluding hydrogens is 326 g/mol. The third kappa shape index (κ3) is 2.10. The van der Waals surface area contributed by atoms with E-state index in [4.69, 9.17) is 4.98 Å². The second-order valence-corrected chi connectivity index (χ2v) is 6.32. The summed E-state index contributed by atoms with van der Waals surface area (Å²) < 4.78 is 0. The van der Waals surface area contributed by atoms with Gasteiger partial charge < -0.3 is 0 Å². The molecule has 0 amide bonds. The molecule has 0 atom stereocenters. The zero-order valence-corrected chi connectivity index (χ0v) is 13.7. The first-order chi connectivity index (χ1) is 12.7. The van der Waals surface area contributed by atoms with Gasteiger partial charge in [0.25, 0.3) is 5.69 Å². The Bertz CT molecular complexity index is 1180. The molecule has 0 N–H and O–H groups in total. The van der Waals surface area contributed by atoms with Crippen molar-refractivity contribution in [1.82, 2.24) is 9.97 Å². The number of nitrogens with zero attached hydrogens (tertiary/aromatic N) is 3. The number of non-ortho nitro benzene ring substituents is 1. The van der Waals surface area contributed by atoms with Gasteiger partial charge >= 0.3 is 0 Å². The first kappa shape index (κ1) is 14.7. The lowest BCUT2D eigenvalue weighted by molar-refractivity contribution is -0.384. The summed E-state index contributed by atoms with van der Waals surface area (Å²) in [5, 5.41) is 10.9. The SMILES string of the molecule is O=[N+]([O-])c1ccc(-c2nc3cccnc3c3c2Cc2ccccc2-3)cc1. The summed E-state index contributed by atoms with van der Waals surface area (Å²) in [7, 11) is 0. The molecule has 4 aromatic rings. The van der Waals surface area contributed by atoms with Crippen molar-refractivity contribution < 1.29 is 4.92 Å². The molecule has 0 bridgehead atoms. The van der Waals surface area contributed by atoms with E-state index in [1.807, 2.05) is 24.3 Å². The Balaban J connectivity index is 1.80. The summed E-state index contributed by atoms with van der Waals surface area (Å²) in [6.07, 6.45) is 2.58. The number of aromatic nitrogens is 2. The zero-order chi connectivity index (χ0) is 17.7. The van der Waals surface area contributed by atoms with Crippen molar-refractivity contribution in [2.75, 3.05) is 0 Å². The maximum Gasteiger partial charge on any atom is 0.269 e. The fourth-order valence-corrected chi connectivity index (χ4v) is 3.68. The van der Waals surface area contributed by atoms with E-state index in [1.165, 1.54) is 23.3 Å². The van der Waals surface area contributed by atoms with Crippen LogP contribution in [0.1, 0.15) is 11.1 Å². The van der Waals surface area contributed by atoms with E-state index < -0.39 is 0 Å². The summed E-state index contributed by atoms with van der Waals surface area (Å²) in [6.45, 7) is 0. The van der Waals surface area contributed by atoms with Crippen molar-refractivity contribution in [2.24, 2.45) is 0 Å². The van der Waals surface area contributed by atoms with Gasteiger partial charge in [0, 0.05) is 35.9 Å². The first-order valence-electron chi connectivity index (χ1n) is 8.33. The largest absolute Gasteiger partial charge is 0.269 e. The highest BCUT2D eigenvalue weighted by Crippen LogP contribution is 2.44. The Morgan fingerprint density at radius 3 is 2.58 bits per heavy atom. The van der Waals surface area contributed by atoms with Gasteiger partial charge in [-0.05, 0) is 41.0 Å². The van der Waals surface area contributed by atoms with E-state index in [9.17, 15) is 10.1 Å². The molecule has 124 valence electrons. The Hall–Kier alpha value is -3.60. The second-order valence-electron chi connectivity index (χ2n) is 6.32. The molecule has 0 unspecified atom stereocenters. The minimum atomic E-state index is -0.387. The van der Waals surface area contributed by atoms with Gasteiger partial charge in [-0.15, -0.1) is 0 Å². The van der Waals surface area contributed by atoms with Crippen LogP contribution < -0.4 is 0 Å². The van der Waals surface area contributed by atoms with Crippen LogP contribution in [0.25, 0.3) is 33.4 Å². The van der Waals surface area contributed by atoms with E-state index >= 15 is 0 Å². The van der Waals surface area contributed by atoms with Crippen LogP contribution in [0, 0.1) is 10.1 Å². The monoisotopic (exact) mass is 339 g/mol. The van der Waals surface area contributed by atoms with Crippen LogP contribution in [0.2, 0.25) is 0 Å². The van der Waals surface area contributed by atoms with Gasteiger partial charge in [0.15, 0.2) is 0 Å². The lowest BCUT2D eigenvalue weighted by atomic mass is 9.99. The van der Waals surface area contributed by atoms with Gasteiger partial charge in [-0.3, -0.25) is 15.1 Å². The predicted molar refractivity (Wildman–Crippen MR) is 99.9 cm³/mol. The molecule has 5 nitrogen and oxygen atoms in total. The molecule has 5 rings (SSSR count). The maximum absolute atomic E-state index is 10.9. The lowest BCUT2D eigenvalue weighted by Gasteiger charge is -2.11. The third-order valence-electron chi connectivity index (χ3n) is 4.85. The average Bonchev–Trinajstić information content (AvgIpc) is 3.07. The smallest absolute Gasteiger partial charge is 0.258 e. The van der Waals surface area contributed by atoms with Crippen LogP contribution >= 0.6 is 0 Å². The molecule has 2 aromatic heterocycles. The van der Waals surface area contributed by atoms with Crippen LogP contribution in [0.4, 0.5) is 5.69 Å². The molecular formula is C21H13N3O2. The first-order valence-corrected chi connectivity index (χ1v) is 8.33. The molecule has 0 spiro atoms. The van der Waals surface area contributed by atoms with Crippen molar-refractivity contribution in [1.29, 1.82) is 0 Å². The van der Waals surface area contributed by atoms with Crippen LogP contribution in [-0.4, -0.2) is 14.9 Å². The molecule has 2 aromatic carbocycles. The minimum absolute atomic E-state index is 0.0798. The number of pyridine rings is 2. The second kappa shape index (κ2) is 5.46. The fourth-order valence-electron chi connectivity index (χ4n) is 3.68. The van der Waals surface area contributed by atoms with E-state index in [0.717, 1.165) is 39.8 Å². The van der Waals surface area contributed by atoms with Gasteiger partial charge in [0.05, 0.1) is 21.7 Å². The van der Waals surface area contributed by atoms with Crippen molar-refractivity contribution >= 4 is 16.7 Å². The lowest BCUT2D eigenvalue weighted by Crippen LogP contribution is -1.96. The Kier molecular flexibility index (Phi) is 3.09. The quantitative estimate of drug-likeness (QED) is 0.343. The van der Waals surface area contributed by atoms with Crippen LogP contribution in [-0.2, 0) is 6.42 Å². The summed E-state index contributed by atoms with van der Waals surface area (Å²) in [6, 6.07) is 18.8. The van der Waals surface area contributed by atoms with Gasteiger partial charge in [-0.25, -0.2) is 4.98 Å². The van der Waals surface area contributed by atoms with Gasteiger partial charge in [0.1, 0.15) is 0 Å². The molecule has 26 heavy (non-hydrogen) atoms. The molecule has 5 heteroatoms. The summed E-state index contributed by atoms with van der Waals surface area (Å²) >= 11 is 0. The number of nitro benzene ring substituents is 1. The van der Waals surface area contributed by atoms with Gasteiger partial charge in [-0.2, -0.15) is 0 Å². The van der Waals surface area contributed by atoms with Crippen molar-refractivity contribution in [3.63, 3.8) is 0 Å². The number of nitro groups is 1. The Morgan fingerprint density at radius 1 is 0.962 bits per heavy atom. The van der Waals surface area contributed by atoms with Crippen molar-refractivity contribution in [3.8, 4) is 22.4 Å². The van der Waals surface area contributed by atoms with Gasteiger partial charge in [0.2, 0.25) is 0 Å². The highest BCUT2D eigenvalue weighted by molar-refractivity contribution is 5.99. The molecule has 1 aliphatic carbocycles. The highest BCUT2D eigenvalue weighted by Gasteiger charge is 2.26. The molecule has 0 aliphatic heterocycles. The molecule has 0 fully saturated rings. The van der Waals surface area contributed by atoms with Crippen LogP contribution in [0.5, 0.6) is 0 Å². The molecule has 0 saturated heterocycles.